The highest BCUT2D eigenvalue weighted by molar-refractivity contribution is 5.83. The van der Waals surface area contributed by atoms with E-state index in [-0.39, 0.29) is 0 Å². The summed E-state index contributed by atoms with van der Waals surface area (Å²) in [5, 5.41) is 0.639. The van der Waals surface area contributed by atoms with E-state index in [0.29, 0.717) is 10.9 Å². The molecule has 1 N–H and O–H groups in total. The van der Waals surface area contributed by atoms with Crippen molar-refractivity contribution in [1.82, 2.24) is 4.98 Å². The van der Waals surface area contributed by atoms with Crippen molar-refractivity contribution in [3.63, 3.8) is 0 Å². The van der Waals surface area contributed by atoms with Crippen LogP contribution in [0.2, 0.25) is 0 Å². The van der Waals surface area contributed by atoms with Crippen molar-refractivity contribution in [3.05, 3.63) is 35.5 Å². The van der Waals surface area contributed by atoms with Crippen LogP contribution in [0.3, 0.4) is 0 Å². The van der Waals surface area contributed by atoms with Crippen molar-refractivity contribution in [1.29, 1.82) is 0 Å². The number of aromatic amines is 1. The quantitative estimate of drug-likeness (QED) is 0.696. The van der Waals surface area contributed by atoms with E-state index in [1.54, 1.807) is 6.20 Å². The molecule has 1 heterocycles. The molecule has 1 aromatic carbocycles. The molecular formula is C10H9F2N. The van der Waals surface area contributed by atoms with Crippen molar-refractivity contribution in [3.8, 4) is 0 Å². The Morgan fingerprint density at radius 3 is 2.77 bits per heavy atom. The van der Waals surface area contributed by atoms with E-state index in [4.69, 9.17) is 0 Å². The van der Waals surface area contributed by atoms with Gasteiger partial charge in [-0.25, -0.2) is 8.78 Å². The fraction of sp³-hybridized carbons (Fsp3) is 0.200. The monoisotopic (exact) mass is 181 g/mol. The number of hydrogen-bond acceptors (Lipinski definition) is 0. The Balaban J connectivity index is 2.82. The van der Waals surface area contributed by atoms with Gasteiger partial charge in [0.25, 0.3) is 0 Å². The molecule has 2 aromatic rings. The summed E-state index contributed by atoms with van der Waals surface area (Å²) in [7, 11) is 0. The number of aromatic nitrogens is 1. The minimum Gasteiger partial charge on any atom is -0.359 e. The Bertz CT molecular complexity index is 445. The number of aryl methyl sites for hydroxylation is 1. The van der Waals surface area contributed by atoms with Crippen molar-refractivity contribution >= 4 is 10.9 Å². The second-order valence-electron chi connectivity index (χ2n) is 2.98. The van der Waals surface area contributed by atoms with Gasteiger partial charge in [0.2, 0.25) is 0 Å². The molecule has 0 unspecified atom stereocenters. The number of H-pyrrole nitrogens is 1. The fourth-order valence-corrected chi connectivity index (χ4v) is 1.50. The van der Waals surface area contributed by atoms with Crippen LogP contribution in [0, 0.1) is 11.6 Å². The minimum absolute atomic E-state index is 0.387. The molecule has 2 rings (SSSR count). The summed E-state index contributed by atoms with van der Waals surface area (Å²) in [4.78, 5) is 2.79. The summed E-state index contributed by atoms with van der Waals surface area (Å²) in [6.45, 7) is 1.95. The molecule has 0 radical (unpaired) electrons. The first-order valence-electron chi connectivity index (χ1n) is 4.17. The van der Waals surface area contributed by atoms with Crippen LogP contribution in [-0.2, 0) is 6.42 Å². The number of nitrogens with one attached hydrogen (secondary N) is 1. The Morgan fingerprint density at radius 1 is 1.31 bits per heavy atom. The maximum atomic E-state index is 13.1. The third-order valence-electron chi connectivity index (χ3n) is 2.17. The molecule has 1 nitrogen and oxygen atoms in total. The summed E-state index contributed by atoms with van der Waals surface area (Å²) in [6.07, 6.45) is 2.48. The second kappa shape index (κ2) is 2.83. The molecule has 68 valence electrons. The van der Waals surface area contributed by atoms with Gasteiger partial charge in [-0.2, -0.15) is 0 Å². The topological polar surface area (TPSA) is 15.8 Å². The van der Waals surface area contributed by atoms with Gasteiger partial charge in [0.15, 0.2) is 0 Å². The molecule has 0 saturated carbocycles. The highest BCUT2D eigenvalue weighted by Gasteiger charge is 2.08. The smallest absolute Gasteiger partial charge is 0.150 e. The summed E-state index contributed by atoms with van der Waals surface area (Å²) >= 11 is 0. The Morgan fingerprint density at radius 2 is 2.08 bits per heavy atom. The van der Waals surface area contributed by atoms with Gasteiger partial charge in [-0.1, -0.05) is 6.92 Å². The number of halogens is 2. The van der Waals surface area contributed by atoms with Crippen LogP contribution in [0.25, 0.3) is 10.9 Å². The summed E-state index contributed by atoms with van der Waals surface area (Å²) < 4.78 is 26.0. The highest BCUT2D eigenvalue weighted by Crippen LogP contribution is 2.22. The fourth-order valence-electron chi connectivity index (χ4n) is 1.50. The predicted octanol–water partition coefficient (Wildman–Crippen LogP) is 3.01. The first-order valence-corrected chi connectivity index (χ1v) is 4.17. The molecule has 13 heavy (non-hydrogen) atoms. The van der Waals surface area contributed by atoms with Gasteiger partial charge in [-0.05, 0) is 18.1 Å². The van der Waals surface area contributed by atoms with Crippen molar-refractivity contribution in [2.24, 2.45) is 0 Å². The molecular weight excluding hydrogens is 172 g/mol. The van der Waals surface area contributed by atoms with E-state index in [1.165, 1.54) is 6.07 Å². The lowest BCUT2D eigenvalue weighted by Crippen LogP contribution is -1.82. The van der Waals surface area contributed by atoms with Crippen LogP contribution in [-0.4, -0.2) is 4.98 Å². The zero-order valence-corrected chi connectivity index (χ0v) is 7.20. The van der Waals surface area contributed by atoms with Gasteiger partial charge in [0, 0.05) is 17.6 Å². The van der Waals surface area contributed by atoms with Crippen LogP contribution < -0.4 is 0 Å². The largest absolute Gasteiger partial charge is 0.359 e. The molecule has 0 aliphatic carbocycles. The number of rotatable bonds is 1. The highest BCUT2D eigenvalue weighted by atomic mass is 19.1. The number of fused-ring (bicyclic) bond motifs is 1. The van der Waals surface area contributed by atoms with E-state index in [9.17, 15) is 8.78 Å². The lowest BCUT2D eigenvalue weighted by molar-refractivity contribution is 0.591. The maximum absolute atomic E-state index is 13.1. The predicted molar refractivity (Wildman–Crippen MR) is 47.6 cm³/mol. The van der Waals surface area contributed by atoms with Crippen LogP contribution in [0.4, 0.5) is 8.78 Å². The van der Waals surface area contributed by atoms with E-state index in [1.807, 2.05) is 6.92 Å². The third kappa shape index (κ3) is 1.20. The molecule has 0 fully saturated rings. The average molecular weight is 181 g/mol. The number of hydrogen-bond donors (Lipinski definition) is 1. The van der Waals surface area contributed by atoms with E-state index in [0.717, 1.165) is 18.1 Å². The van der Waals surface area contributed by atoms with Crippen molar-refractivity contribution < 1.29 is 8.78 Å². The minimum atomic E-state index is -0.533. The molecule has 0 spiro atoms. The molecule has 0 amide bonds. The normalized spacial score (nSPS) is 11.0. The lowest BCUT2D eigenvalue weighted by Gasteiger charge is -1.95. The van der Waals surface area contributed by atoms with Gasteiger partial charge >= 0.3 is 0 Å². The molecule has 0 saturated heterocycles. The Hall–Kier alpha value is -1.38. The molecule has 0 atom stereocenters. The standard InChI is InChI=1S/C10H9F2N/c1-2-6-5-13-10-8(6)3-7(11)4-9(10)12/h3-5,13H,2H2,1H3. The number of benzene rings is 1. The van der Waals surface area contributed by atoms with E-state index in [2.05, 4.69) is 4.98 Å². The Labute approximate surface area is 74.4 Å². The molecule has 1 aromatic heterocycles. The average Bonchev–Trinajstić information content (AvgIpc) is 2.47. The first kappa shape index (κ1) is 8.23. The molecule has 0 aliphatic rings. The van der Waals surface area contributed by atoms with Gasteiger partial charge in [-0.3, -0.25) is 0 Å². The molecule has 0 bridgehead atoms. The summed E-state index contributed by atoms with van der Waals surface area (Å²) in [5.41, 5.74) is 1.33. The zero-order valence-electron chi connectivity index (χ0n) is 7.20. The van der Waals surface area contributed by atoms with Gasteiger partial charge in [-0.15, -0.1) is 0 Å². The van der Waals surface area contributed by atoms with Gasteiger partial charge < -0.3 is 4.98 Å². The van der Waals surface area contributed by atoms with Crippen molar-refractivity contribution in [2.45, 2.75) is 13.3 Å². The Kier molecular flexibility index (Phi) is 1.79. The molecule has 0 aliphatic heterocycles. The van der Waals surface area contributed by atoms with E-state index >= 15 is 0 Å². The maximum Gasteiger partial charge on any atom is 0.150 e. The van der Waals surface area contributed by atoms with Crippen LogP contribution in [0.5, 0.6) is 0 Å². The summed E-state index contributed by atoms with van der Waals surface area (Å²) in [6, 6.07) is 2.24. The van der Waals surface area contributed by atoms with Crippen molar-refractivity contribution in [2.75, 3.05) is 0 Å². The van der Waals surface area contributed by atoms with Gasteiger partial charge in [0.1, 0.15) is 11.6 Å². The first-order chi connectivity index (χ1) is 6.22. The summed E-state index contributed by atoms with van der Waals surface area (Å²) in [5.74, 6) is -1.06. The van der Waals surface area contributed by atoms with Crippen LogP contribution >= 0.6 is 0 Å². The van der Waals surface area contributed by atoms with Crippen LogP contribution in [0.1, 0.15) is 12.5 Å². The van der Waals surface area contributed by atoms with Crippen LogP contribution in [0.15, 0.2) is 18.3 Å². The lowest BCUT2D eigenvalue weighted by atomic mass is 10.1. The van der Waals surface area contributed by atoms with E-state index < -0.39 is 11.6 Å². The second-order valence-corrected chi connectivity index (χ2v) is 2.98. The SMILES string of the molecule is CCc1c[nH]c2c(F)cc(F)cc12. The van der Waals surface area contributed by atoms with Gasteiger partial charge in [0.05, 0.1) is 5.52 Å². The molecule has 3 heteroatoms. The third-order valence-corrected chi connectivity index (χ3v) is 2.17. The zero-order chi connectivity index (χ0) is 9.42.